The Kier molecular flexibility index (Phi) is 11.5. The van der Waals surface area contributed by atoms with Crippen LogP contribution in [0.25, 0.3) is 0 Å². The number of nitrogens with one attached hydrogen (secondary N) is 1. The maximum Gasteiger partial charge on any atom is 0.397 e. The van der Waals surface area contributed by atoms with Crippen molar-refractivity contribution in [2.24, 2.45) is 5.73 Å². The van der Waals surface area contributed by atoms with Gasteiger partial charge in [-0.25, -0.2) is 8.37 Å². The van der Waals surface area contributed by atoms with Crippen LogP contribution in [0.5, 0.6) is 0 Å². The van der Waals surface area contributed by atoms with Crippen LogP contribution in [-0.2, 0) is 52.9 Å². The summed E-state index contributed by atoms with van der Waals surface area (Å²) in [5.41, 5.74) is 5.39. The highest BCUT2D eigenvalue weighted by Crippen LogP contribution is 2.32. The molecule has 37 heavy (non-hydrogen) atoms. The zero-order valence-electron chi connectivity index (χ0n) is 19.2. The number of carbonyl (C=O) groups is 1. The molecule has 2 fully saturated rings. The van der Waals surface area contributed by atoms with E-state index in [0.29, 0.717) is 0 Å². The number of ether oxygens (including phenoxy) is 4. The Balaban J connectivity index is 2.53. The second-order valence-corrected chi connectivity index (χ2v) is 10.1. The summed E-state index contributed by atoms with van der Waals surface area (Å²) in [7, 11) is -10.4. The molecule has 10 atom stereocenters. The first-order chi connectivity index (χ1) is 17.1. The molecule has 0 unspecified atom stereocenters. The predicted molar refractivity (Wildman–Crippen MR) is 114 cm³/mol. The molecule has 21 heteroatoms. The lowest BCUT2D eigenvalue weighted by atomic mass is 9.95. The Morgan fingerprint density at radius 3 is 2.08 bits per heavy atom. The number of aliphatic hydroxyl groups excluding tert-OH is 4. The summed E-state index contributed by atoms with van der Waals surface area (Å²) in [6, 6.07) is -1.61. The van der Waals surface area contributed by atoms with E-state index in [0.717, 1.165) is 6.92 Å². The van der Waals surface area contributed by atoms with Gasteiger partial charge in [0.15, 0.2) is 12.6 Å². The molecular weight excluding hydrogens is 556 g/mol. The number of nitrogens with two attached hydrogens (primary N) is 1. The van der Waals surface area contributed by atoms with Crippen LogP contribution >= 0.6 is 0 Å². The zero-order valence-corrected chi connectivity index (χ0v) is 20.8. The second kappa shape index (κ2) is 13.3. The molecule has 2 aliphatic rings. The van der Waals surface area contributed by atoms with Crippen LogP contribution in [0.1, 0.15) is 6.92 Å². The summed E-state index contributed by atoms with van der Waals surface area (Å²) in [6.07, 6.45) is -16.5. The number of hydrogen-bond acceptors (Lipinski definition) is 16. The van der Waals surface area contributed by atoms with Gasteiger partial charge < -0.3 is 50.4 Å². The lowest BCUT2D eigenvalue weighted by Gasteiger charge is -2.47. The zero-order chi connectivity index (χ0) is 28.1. The van der Waals surface area contributed by atoms with E-state index in [9.17, 15) is 46.6 Å². The van der Waals surface area contributed by atoms with E-state index in [1.807, 2.05) is 0 Å². The molecule has 2 aliphatic heterocycles. The van der Waals surface area contributed by atoms with Crippen LogP contribution in [0, 0.1) is 0 Å². The molecule has 0 bridgehead atoms. The smallest absolute Gasteiger partial charge is 0.394 e. The van der Waals surface area contributed by atoms with Crippen LogP contribution in [0.4, 0.5) is 0 Å². The van der Waals surface area contributed by atoms with Crippen molar-refractivity contribution in [3.8, 4) is 0 Å². The number of hydrogen-bond donors (Lipinski definition) is 8. The third kappa shape index (κ3) is 9.22. The van der Waals surface area contributed by atoms with E-state index in [1.54, 1.807) is 0 Å². The van der Waals surface area contributed by atoms with Gasteiger partial charge in [-0.15, -0.1) is 0 Å². The minimum absolute atomic E-state index is 0.0898. The van der Waals surface area contributed by atoms with Crippen LogP contribution < -0.4 is 11.1 Å². The second-order valence-electron chi connectivity index (χ2n) is 7.93. The molecule has 2 heterocycles. The van der Waals surface area contributed by atoms with Gasteiger partial charge in [0.1, 0.15) is 48.8 Å². The van der Waals surface area contributed by atoms with E-state index < -0.39 is 101 Å². The molecule has 218 valence electrons. The number of rotatable bonds is 12. The molecule has 9 N–H and O–H groups in total. The summed E-state index contributed by atoms with van der Waals surface area (Å²) in [5, 5.41) is 42.0. The third-order valence-electron chi connectivity index (χ3n) is 5.17. The normalized spacial score (nSPS) is 37.3. The molecular formula is C16H30N2O17S2. The minimum Gasteiger partial charge on any atom is -0.394 e. The lowest BCUT2D eigenvalue weighted by molar-refractivity contribution is -0.345. The quantitative estimate of drug-likeness (QED) is 0.0988. The van der Waals surface area contributed by atoms with E-state index in [-0.39, 0.29) is 13.2 Å². The molecule has 1 amide bonds. The first-order valence-electron chi connectivity index (χ1n) is 10.6. The first-order valence-corrected chi connectivity index (χ1v) is 13.3. The molecule has 0 spiro atoms. The summed E-state index contributed by atoms with van der Waals surface area (Å²) in [5.74, 6) is -0.780. The minimum atomic E-state index is -5.33. The van der Waals surface area contributed by atoms with E-state index >= 15 is 0 Å². The van der Waals surface area contributed by atoms with Crippen molar-refractivity contribution in [2.45, 2.75) is 68.3 Å². The van der Waals surface area contributed by atoms with Gasteiger partial charge >= 0.3 is 20.8 Å². The van der Waals surface area contributed by atoms with Crippen molar-refractivity contribution in [2.75, 3.05) is 26.4 Å². The fourth-order valence-corrected chi connectivity index (χ4v) is 4.48. The SMILES string of the molecule is CC(=O)N[C@H]1[C@H](OCCN)O[C@H](COS(=O)(=O)O)[C@@H](O[C@@H]2O[C@H](CO)[C@H](O)[C@H](O)[C@H]2O)[C@@H]1OS(=O)(=O)O. The first kappa shape index (κ1) is 32.1. The fourth-order valence-electron chi connectivity index (χ4n) is 3.66. The van der Waals surface area contributed by atoms with Gasteiger partial charge in [0.25, 0.3) is 0 Å². The highest BCUT2D eigenvalue weighted by molar-refractivity contribution is 7.81. The van der Waals surface area contributed by atoms with Crippen molar-refractivity contribution >= 4 is 26.7 Å². The van der Waals surface area contributed by atoms with Gasteiger partial charge in [-0.2, -0.15) is 16.8 Å². The van der Waals surface area contributed by atoms with Gasteiger partial charge in [0.05, 0.1) is 19.8 Å². The summed E-state index contributed by atoms with van der Waals surface area (Å²) < 4.78 is 94.7. The molecule has 0 radical (unpaired) electrons. The van der Waals surface area contributed by atoms with Gasteiger partial charge in [0, 0.05) is 13.5 Å². The average molecular weight is 587 g/mol. The van der Waals surface area contributed by atoms with Crippen molar-refractivity contribution in [1.82, 2.24) is 5.32 Å². The van der Waals surface area contributed by atoms with Crippen molar-refractivity contribution in [3.63, 3.8) is 0 Å². The largest absolute Gasteiger partial charge is 0.397 e. The highest BCUT2D eigenvalue weighted by Gasteiger charge is 2.54. The van der Waals surface area contributed by atoms with Crippen molar-refractivity contribution < 1.29 is 78.5 Å². The van der Waals surface area contributed by atoms with E-state index in [2.05, 4.69) is 13.7 Å². The molecule has 0 aromatic heterocycles. The van der Waals surface area contributed by atoms with Crippen LogP contribution in [-0.4, -0.2) is 140 Å². The van der Waals surface area contributed by atoms with Crippen molar-refractivity contribution in [3.05, 3.63) is 0 Å². The van der Waals surface area contributed by atoms with Gasteiger partial charge in [-0.05, 0) is 0 Å². The molecule has 2 saturated heterocycles. The van der Waals surface area contributed by atoms with E-state index in [4.69, 9.17) is 29.2 Å². The van der Waals surface area contributed by atoms with Gasteiger partial charge in [-0.3, -0.25) is 13.9 Å². The lowest BCUT2D eigenvalue weighted by Crippen LogP contribution is -2.68. The Morgan fingerprint density at radius 2 is 1.57 bits per heavy atom. The van der Waals surface area contributed by atoms with Crippen LogP contribution in [0.3, 0.4) is 0 Å². The highest BCUT2D eigenvalue weighted by atomic mass is 32.3. The summed E-state index contributed by atoms with van der Waals surface area (Å²) in [6.45, 7) is -1.26. The predicted octanol–water partition coefficient (Wildman–Crippen LogP) is -5.62. The number of amides is 1. The Labute approximate surface area is 211 Å². The topological polar surface area (TPSA) is 300 Å². The molecule has 0 aromatic carbocycles. The molecule has 19 nitrogen and oxygen atoms in total. The Hall–Kier alpha value is -1.15. The summed E-state index contributed by atoms with van der Waals surface area (Å²) in [4.78, 5) is 11.8. The Morgan fingerprint density at radius 1 is 0.946 bits per heavy atom. The maximum atomic E-state index is 11.8. The van der Waals surface area contributed by atoms with Crippen molar-refractivity contribution in [1.29, 1.82) is 0 Å². The molecule has 0 aromatic rings. The number of carbonyl (C=O) groups excluding carboxylic acids is 1. The van der Waals surface area contributed by atoms with Gasteiger partial charge in [0.2, 0.25) is 5.91 Å². The number of aliphatic hydroxyl groups is 4. The van der Waals surface area contributed by atoms with Gasteiger partial charge in [-0.1, -0.05) is 0 Å². The standard InChI is InChI=1S/C16H30N2O17S2/c1-6(20)18-9-14(35-37(27,28)29)13(34-16-12(23)11(22)10(21)7(4-19)32-16)8(5-31-36(24,25)26)33-15(9)30-3-2-17/h7-16,19,21-23H,2-5,17H2,1H3,(H,18,20)(H,24,25,26)(H,27,28,29)/t7-,8-,9-,10+,11+,12-,13-,14-,15-,16+/m1/s1. The third-order valence-corrected chi connectivity index (χ3v) is 6.07. The average Bonchev–Trinajstić information content (AvgIpc) is 2.78. The maximum absolute atomic E-state index is 11.8. The van der Waals surface area contributed by atoms with E-state index in [1.165, 1.54) is 0 Å². The Bertz CT molecular complexity index is 962. The monoisotopic (exact) mass is 586 g/mol. The molecule has 2 rings (SSSR count). The summed E-state index contributed by atoms with van der Waals surface area (Å²) >= 11 is 0. The van der Waals surface area contributed by atoms with Crippen LogP contribution in [0.2, 0.25) is 0 Å². The van der Waals surface area contributed by atoms with Crippen LogP contribution in [0.15, 0.2) is 0 Å². The fraction of sp³-hybridized carbons (Fsp3) is 0.938. The molecule has 0 saturated carbocycles. The molecule has 0 aliphatic carbocycles.